The van der Waals surface area contributed by atoms with Gasteiger partial charge >= 0.3 is 11.9 Å². The summed E-state index contributed by atoms with van der Waals surface area (Å²) in [6, 6.07) is 0. The number of hydrogen-bond donors (Lipinski definition) is 2. The number of ether oxygens (including phenoxy) is 1. The van der Waals surface area contributed by atoms with E-state index < -0.39 is 11.4 Å². The second-order valence-electron chi connectivity index (χ2n) is 17.8. The van der Waals surface area contributed by atoms with Crippen LogP contribution in [0.1, 0.15) is 132 Å². The summed E-state index contributed by atoms with van der Waals surface area (Å²) in [6.07, 6.45) is 13.9. The van der Waals surface area contributed by atoms with Crippen LogP contribution in [0.25, 0.3) is 0 Å². The first-order chi connectivity index (χ1) is 20.1. The van der Waals surface area contributed by atoms with Crippen LogP contribution >= 0.6 is 0 Å². The number of carboxylic acid groups (broad SMARTS) is 1. The fourth-order valence-electron chi connectivity index (χ4n) is 13.2. The van der Waals surface area contributed by atoms with Gasteiger partial charge in [-0.05, 0) is 129 Å². The van der Waals surface area contributed by atoms with Gasteiger partial charge in [-0.1, -0.05) is 54.9 Å². The Morgan fingerprint density at radius 1 is 0.814 bits per heavy atom. The molecule has 0 aromatic heterocycles. The van der Waals surface area contributed by atoms with Crippen LogP contribution in [0, 0.1) is 68.5 Å². The Labute approximate surface area is 260 Å². The van der Waals surface area contributed by atoms with E-state index in [1.807, 2.05) is 0 Å². The number of aliphatic carboxylic acids is 1. The average Bonchev–Trinajstić information content (AvgIpc) is 3.29. The van der Waals surface area contributed by atoms with Gasteiger partial charge in [-0.2, -0.15) is 0 Å². The molecule has 0 bridgehead atoms. The van der Waals surface area contributed by atoms with Gasteiger partial charge in [0, 0.05) is 5.41 Å². The van der Waals surface area contributed by atoms with Gasteiger partial charge in [-0.15, -0.1) is 0 Å². The topological polar surface area (TPSA) is 92.7 Å². The van der Waals surface area contributed by atoms with Crippen molar-refractivity contribution in [1.29, 1.82) is 0 Å². The summed E-state index contributed by atoms with van der Waals surface area (Å²) in [5.41, 5.74) is 0.0953. The fraction of sp³-hybridized carbons (Fsp3) is 0.919. The lowest BCUT2D eigenvalue weighted by Gasteiger charge is -2.73. The summed E-state index contributed by atoms with van der Waals surface area (Å²) >= 11 is 0. The molecule has 0 aromatic carbocycles. The van der Waals surface area contributed by atoms with Gasteiger partial charge in [0.05, 0.1) is 11.3 Å². The average molecular weight is 598 g/mol. The minimum atomic E-state index is -0.964. The number of carbonyl (C=O) groups is 3. The van der Waals surface area contributed by atoms with E-state index in [-0.39, 0.29) is 52.1 Å². The predicted octanol–water partition coefficient (Wildman–Crippen LogP) is 7.64. The summed E-state index contributed by atoms with van der Waals surface area (Å²) < 4.78 is 6.31. The molecule has 1 amide bonds. The molecular formula is C37H59NO5. The molecule has 6 fully saturated rings. The van der Waals surface area contributed by atoms with E-state index in [2.05, 4.69) is 53.8 Å². The first-order valence-electron chi connectivity index (χ1n) is 17.8. The quantitative estimate of drug-likeness (QED) is 0.307. The highest BCUT2D eigenvalue weighted by Crippen LogP contribution is 2.77. The summed E-state index contributed by atoms with van der Waals surface area (Å²) in [5.74, 6) is 2.20. The van der Waals surface area contributed by atoms with Crippen molar-refractivity contribution in [2.45, 2.75) is 138 Å². The number of esters is 1. The molecule has 43 heavy (non-hydrogen) atoms. The number of carboxylic acids is 1. The molecule has 6 saturated carbocycles. The Hall–Kier alpha value is -1.59. The Balaban J connectivity index is 1.29. The van der Waals surface area contributed by atoms with Crippen molar-refractivity contribution in [2.75, 3.05) is 6.54 Å². The maximum Gasteiger partial charge on any atom is 0.322 e. The van der Waals surface area contributed by atoms with E-state index in [4.69, 9.17) is 4.74 Å². The van der Waals surface area contributed by atoms with E-state index in [1.165, 1.54) is 25.7 Å². The molecule has 0 heterocycles. The van der Waals surface area contributed by atoms with E-state index in [0.29, 0.717) is 35.5 Å². The Morgan fingerprint density at radius 3 is 2.16 bits per heavy atom. The largest absolute Gasteiger partial charge is 0.480 e. The van der Waals surface area contributed by atoms with E-state index in [9.17, 15) is 19.5 Å². The van der Waals surface area contributed by atoms with Crippen molar-refractivity contribution < 1.29 is 24.2 Å². The van der Waals surface area contributed by atoms with E-state index >= 15 is 0 Å². The smallest absolute Gasteiger partial charge is 0.322 e. The van der Waals surface area contributed by atoms with Gasteiger partial charge in [0.1, 0.15) is 12.6 Å². The van der Waals surface area contributed by atoms with Crippen LogP contribution in [0.5, 0.6) is 0 Å². The maximum absolute atomic E-state index is 13.9. The maximum atomic E-state index is 13.9. The highest BCUT2D eigenvalue weighted by atomic mass is 16.5. The van der Waals surface area contributed by atoms with E-state index in [0.717, 1.165) is 57.8 Å². The van der Waals surface area contributed by atoms with Crippen molar-refractivity contribution >= 4 is 17.8 Å². The first-order valence-corrected chi connectivity index (χ1v) is 17.8. The van der Waals surface area contributed by atoms with Crippen LogP contribution < -0.4 is 5.32 Å². The van der Waals surface area contributed by atoms with Gasteiger partial charge < -0.3 is 15.2 Å². The zero-order chi connectivity index (χ0) is 31.2. The molecule has 0 saturated heterocycles. The van der Waals surface area contributed by atoms with Crippen molar-refractivity contribution in [2.24, 2.45) is 68.5 Å². The zero-order valence-corrected chi connectivity index (χ0v) is 28.1. The van der Waals surface area contributed by atoms with Crippen molar-refractivity contribution in [1.82, 2.24) is 5.32 Å². The molecule has 6 aliphatic rings. The van der Waals surface area contributed by atoms with Gasteiger partial charge in [0.25, 0.3) is 0 Å². The van der Waals surface area contributed by atoms with Crippen molar-refractivity contribution in [3.8, 4) is 0 Å². The predicted molar refractivity (Wildman–Crippen MR) is 167 cm³/mol. The van der Waals surface area contributed by atoms with Crippen LogP contribution in [0.15, 0.2) is 0 Å². The number of rotatable bonds is 6. The van der Waals surface area contributed by atoms with Crippen LogP contribution in [0.3, 0.4) is 0 Å². The molecule has 6 unspecified atom stereocenters. The zero-order valence-electron chi connectivity index (χ0n) is 28.1. The Kier molecular flexibility index (Phi) is 7.65. The standard InChI is InChI=1S/C37H59NO5/c1-22(2)24-13-18-37(32(42)38-21-29(39)40)20-19-35(6)25(30(24)37)11-12-27-34(5)16-15-28(43-31(41)23-9-8-10-23)33(3,4)26(34)14-17-36(27,35)7/h22-28,30H,8-21H2,1-7H3,(H,38,42)(H,39,40)/t24?,25?,26?,27?,28-,30?,34?,35-,36-,37+/m1/s1. The number of carbonyl (C=O) groups excluding carboxylic acids is 2. The molecule has 242 valence electrons. The second kappa shape index (κ2) is 10.5. The van der Waals surface area contributed by atoms with Gasteiger partial charge in [-0.25, -0.2) is 0 Å². The SMILES string of the molecule is CC(C)C1CC[C@]2(C(=O)NCC(=O)O)CC[C@]3(C)C(CCC4C5(C)CC[C@@H](OC(=O)C6CCC6)C(C)(C)C5CC[C@]43C)C12. The van der Waals surface area contributed by atoms with Gasteiger partial charge in [0.15, 0.2) is 0 Å². The molecular weight excluding hydrogens is 538 g/mol. The molecule has 0 spiro atoms. The summed E-state index contributed by atoms with van der Waals surface area (Å²) in [4.78, 5) is 38.2. The lowest BCUT2D eigenvalue weighted by molar-refractivity contribution is -0.251. The minimum Gasteiger partial charge on any atom is -0.480 e. The highest BCUT2D eigenvalue weighted by Gasteiger charge is 2.72. The highest BCUT2D eigenvalue weighted by molar-refractivity contribution is 5.86. The summed E-state index contributed by atoms with van der Waals surface area (Å²) in [7, 11) is 0. The lowest BCUT2D eigenvalue weighted by atomic mass is 9.32. The van der Waals surface area contributed by atoms with Crippen LogP contribution in [0.2, 0.25) is 0 Å². The lowest BCUT2D eigenvalue weighted by Crippen LogP contribution is -2.67. The fourth-order valence-corrected chi connectivity index (χ4v) is 13.2. The third-order valence-electron chi connectivity index (χ3n) is 15.8. The van der Waals surface area contributed by atoms with Crippen molar-refractivity contribution in [3.63, 3.8) is 0 Å². The molecule has 6 nitrogen and oxygen atoms in total. The van der Waals surface area contributed by atoms with Gasteiger partial charge in [-0.3, -0.25) is 14.4 Å². The van der Waals surface area contributed by atoms with Crippen molar-refractivity contribution in [3.05, 3.63) is 0 Å². The van der Waals surface area contributed by atoms with Gasteiger partial charge in [0.2, 0.25) is 5.91 Å². The van der Waals surface area contributed by atoms with Crippen LogP contribution in [-0.4, -0.2) is 35.6 Å². The second-order valence-corrected chi connectivity index (χ2v) is 17.8. The van der Waals surface area contributed by atoms with Crippen LogP contribution in [0.4, 0.5) is 0 Å². The third-order valence-corrected chi connectivity index (χ3v) is 15.8. The number of amides is 1. The molecule has 0 radical (unpaired) electrons. The number of nitrogens with one attached hydrogen (secondary N) is 1. The summed E-state index contributed by atoms with van der Waals surface area (Å²) in [6.45, 7) is 17.0. The first kappa shape index (κ1) is 31.4. The Morgan fingerprint density at radius 2 is 1.53 bits per heavy atom. The van der Waals surface area contributed by atoms with E-state index in [1.54, 1.807) is 0 Å². The molecule has 0 aliphatic heterocycles. The Bertz CT molecular complexity index is 1140. The number of fused-ring (bicyclic) bond motifs is 7. The minimum absolute atomic E-state index is 0.00423. The normalized spacial score (nSPS) is 46.9. The number of hydrogen-bond acceptors (Lipinski definition) is 4. The molecule has 0 aromatic rings. The molecule has 6 heteroatoms. The molecule has 6 rings (SSSR count). The summed E-state index contributed by atoms with van der Waals surface area (Å²) in [5, 5.41) is 12.2. The third kappa shape index (κ3) is 4.40. The molecule has 2 N–H and O–H groups in total. The van der Waals surface area contributed by atoms with Crippen LogP contribution in [-0.2, 0) is 19.1 Å². The molecule has 6 aliphatic carbocycles. The monoisotopic (exact) mass is 597 g/mol. The molecule has 10 atom stereocenters.